The summed E-state index contributed by atoms with van der Waals surface area (Å²) in [5.41, 5.74) is 2.61. The number of carbonyl (C=O) groups is 3. The highest BCUT2D eigenvalue weighted by atomic mass is 16.6. The maximum Gasteiger partial charge on any atom is 0.338 e. The first-order chi connectivity index (χ1) is 14.6. The molecule has 2 aromatic carbocycles. The van der Waals surface area contributed by atoms with Crippen LogP contribution < -0.4 is 14.2 Å². The fourth-order valence-electron chi connectivity index (χ4n) is 2.35. The van der Waals surface area contributed by atoms with Crippen molar-refractivity contribution in [3.8, 4) is 28.4 Å². The van der Waals surface area contributed by atoms with Gasteiger partial charge in [0.1, 0.15) is 5.75 Å². The molecule has 2 rings (SSSR count). The van der Waals surface area contributed by atoms with Crippen molar-refractivity contribution in [2.24, 2.45) is 0 Å². The summed E-state index contributed by atoms with van der Waals surface area (Å²) in [6.45, 7) is 15.6. The van der Waals surface area contributed by atoms with Crippen LogP contribution in [-0.2, 0) is 14.4 Å². The highest BCUT2D eigenvalue weighted by Gasteiger charge is 2.16. The van der Waals surface area contributed by atoms with Gasteiger partial charge in [-0.05, 0) is 56.2 Å². The van der Waals surface area contributed by atoms with Gasteiger partial charge >= 0.3 is 17.9 Å². The van der Waals surface area contributed by atoms with Gasteiger partial charge in [-0.2, -0.15) is 0 Å². The summed E-state index contributed by atoms with van der Waals surface area (Å²) in [4.78, 5) is 35.7. The Kier molecular flexibility index (Phi) is 7.69. The van der Waals surface area contributed by atoms with Gasteiger partial charge in [-0.3, -0.25) is 4.79 Å². The lowest BCUT2D eigenvalue weighted by Gasteiger charge is -2.13. The lowest BCUT2D eigenvalue weighted by molar-refractivity contribution is -0.135. The molecule has 6 nitrogen and oxygen atoms in total. The van der Waals surface area contributed by atoms with Crippen molar-refractivity contribution in [3.63, 3.8) is 0 Å². The van der Waals surface area contributed by atoms with Crippen LogP contribution in [0.2, 0.25) is 0 Å². The molecule has 0 radical (unpaired) electrons. The highest BCUT2D eigenvalue weighted by Crippen LogP contribution is 2.34. The van der Waals surface area contributed by atoms with Crippen LogP contribution in [0.3, 0.4) is 0 Å². The van der Waals surface area contributed by atoms with Crippen LogP contribution in [0.1, 0.15) is 27.2 Å². The second-order valence-electron chi connectivity index (χ2n) is 7.13. The van der Waals surface area contributed by atoms with Gasteiger partial charge in [0.25, 0.3) is 0 Å². The summed E-state index contributed by atoms with van der Waals surface area (Å²) in [6, 6.07) is 11.6. The molecule has 0 saturated carbocycles. The quantitative estimate of drug-likeness (QED) is 0.253. The number of ether oxygens (including phenoxy) is 3. The average molecular weight is 420 g/mol. The van der Waals surface area contributed by atoms with Crippen LogP contribution >= 0.6 is 0 Å². The second kappa shape index (κ2) is 10.2. The van der Waals surface area contributed by atoms with Crippen LogP contribution in [0.4, 0.5) is 0 Å². The van der Waals surface area contributed by atoms with E-state index in [1.54, 1.807) is 56.3 Å². The van der Waals surface area contributed by atoms with E-state index >= 15 is 0 Å². The molecule has 0 N–H and O–H groups in total. The molecule has 2 aromatic rings. The van der Waals surface area contributed by atoms with Gasteiger partial charge < -0.3 is 14.2 Å². The van der Waals surface area contributed by atoms with Gasteiger partial charge in [-0.1, -0.05) is 43.5 Å². The van der Waals surface area contributed by atoms with Gasteiger partial charge in [-0.15, -0.1) is 0 Å². The van der Waals surface area contributed by atoms with E-state index in [9.17, 15) is 14.4 Å². The van der Waals surface area contributed by atoms with Crippen molar-refractivity contribution in [2.45, 2.75) is 27.2 Å². The predicted octanol–water partition coefficient (Wildman–Crippen LogP) is 5.19. The Morgan fingerprint density at radius 3 is 1.81 bits per heavy atom. The number of hydrogen-bond donors (Lipinski definition) is 0. The Morgan fingerprint density at radius 1 is 0.710 bits per heavy atom. The fourth-order valence-corrected chi connectivity index (χ4v) is 2.35. The Bertz CT molecular complexity index is 1060. The van der Waals surface area contributed by atoms with Crippen molar-refractivity contribution in [3.05, 3.63) is 78.9 Å². The molecule has 0 unspecified atom stereocenters. The Balaban J connectivity index is 2.33. The Morgan fingerprint density at radius 2 is 1.26 bits per heavy atom. The topological polar surface area (TPSA) is 78.9 Å². The first-order valence-corrected chi connectivity index (χ1v) is 9.41. The zero-order chi connectivity index (χ0) is 23.1. The fraction of sp³-hybridized carbons (Fsp3) is 0.160. The van der Waals surface area contributed by atoms with E-state index < -0.39 is 17.9 Å². The first-order valence-electron chi connectivity index (χ1n) is 9.41. The molecule has 160 valence electrons. The van der Waals surface area contributed by atoms with Gasteiger partial charge in [0, 0.05) is 11.1 Å². The molecule has 0 aliphatic rings. The maximum absolute atomic E-state index is 12.0. The van der Waals surface area contributed by atoms with E-state index in [2.05, 4.69) is 19.7 Å². The SMILES string of the molecule is C=C(C)CC(=O)Oc1ccc(-c2ccc(OC(=O)C(=C)C)cc2)cc1OC(=O)C(=C)C. The van der Waals surface area contributed by atoms with Gasteiger partial charge in [0.2, 0.25) is 0 Å². The lowest BCUT2D eigenvalue weighted by Crippen LogP contribution is -2.12. The summed E-state index contributed by atoms with van der Waals surface area (Å²) in [7, 11) is 0. The summed E-state index contributed by atoms with van der Waals surface area (Å²) in [5.74, 6) is -1.11. The molecule has 0 spiro atoms. The molecule has 0 aromatic heterocycles. The number of benzene rings is 2. The van der Waals surface area contributed by atoms with Crippen LogP contribution in [0.5, 0.6) is 17.2 Å². The molecule has 0 amide bonds. The third kappa shape index (κ3) is 6.82. The molecule has 0 saturated heterocycles. The third-order valence-electron chi connectivity index (χ3n) is 3.91. The van der Waals surface area contributed by atoms with Crippen LogP contribution in [0.25, 0.3) is 11.1 Å². The number of carbonyl (C=O) groups excluding carboxylic acids is 3. The minimum atomic E-state index is -0.642. The van der Waals surface area contributed by atoms with Gasteiger partial charge in [0.15, 0.2) is 11.5 Å². The van der Waals surface area contributed by atoms with Crippen molar-refractivity contribution < 1.29 is 28.6 Å². The van der Waals surface area contributed by atoms with Crippen LogP contribution in [0, 0.1) is 0 Å². The first kappa shape index (κ1) is 23.3. The summed E-state index contributed by atoms with van der Waals surface area (Å²) in [5, 5.41) is 0. The zero-order valence-electron chi connectivity index (χ0n) is 17.8. The standard InChI is InChI=1S/C25H24O6/c1-15(2)13-23(26)30-21-12-9-19(14-22(21)31-25(28)17(5)6)18-7-10-20(11-8-18)29-24(27)16(3)4/h7-12,14H,1,3,5,13H2,2,4,6H3. The van der Waals surface area contributed by atoms with E-state index in [1.807, 2.05) is 0 Å². The molecule has 0 bridgehead atoms. The Hall–Kier alpha value is -3.93. The van der Waals surface area contributed by atoms with Crippen molar-refractivity contribution in [1.82, 2.24) is 0 Å². The summed E-state index contributed by atoms with van der Waals surface area (Å²) < 4.78 is 15.9. The predicted molar refractivity (Wildman–Crippen MR) is 118 cm³/mol. The zero-order valence-corrected chi connectivity index (χ0v) is 17.8. The average Bonchev–Trinajstić information content (AvgIpc) is 2.69. The summed E-state index contributed by atoms with van der Waals surface area (Å²) in [6.07, 6.45) is 0.0417. The number of hydrogen-bond acceptors (Lipinski definition) is 6. The minimum absolute atomic E-state index is 0.0417. The minimum Gasteiger partial charge on any atom is -0.423 e. The van der Waals surface area contributed by atoms with E-state index in [0.29, 0.717) is 22.5 Å². The molecule has 0 aliphatic heterocycles. The molecule has 0 heterocycles. The van der Waals surface area contributed by atoms with Crippen molar-refractivity contribution in [2.75, 3.05) is 0 Å². The molecule has 31 heavy (non-hydrogen) atoms. The van der Waals surface area contributed by atoms with Gasteiger partial charge in [-0.25, -0.2) is 9.59 Å². The molecule has 0 atom stereocenters. The van der Waals surface area contributed by atoms with Crippen molar-refractivity contribution >= 4 is 17.9 Å². The normalized spacial score (nSPS) is 10.0. The molecular weight excluding hydrogens is 396 g/mol. The molecular formula is C25H24O6. The van der Waals surface area contributed by atoms with E-state index in [-0.39, 0.29) is 23.5 Å². The molecule has 6 heteroatoms. The highest BCUT2D eigenvalue weighted by molar-refractivity contribution is 5.90. The number of rotatable bonds is 8. The summed E-state index contributed by atoms with van der Waals surface area (Å²) >= 11 is 0. The Labute approximate surface area is 181 Å². The molecule has 0 fully saturated rings. The largest absolute Gasteiger partial charge is 0.423 e. The molecule has 0 aliphatic carbocycles. The number of esters is 3. The monoisotopic (exact) mass is 420 g/mol. The van der Waals surface area contributed by atoms with E-state index in [1.165, 1.54) is 6.92 Å². The van der Waals surface area contributed by atoms with E-state index in [4.69, 9.17) is 14.2 Å². The van der Waals surface area contributed by atoms with Crippen LogP contribution in [-0.4, -0.2) is 17.9 Å². The van der Waals surface area contributed by atoms with Gasteiger partial charge in [0.05, 0.1) is 6.42 Å². The smallest absolute Gasteiger partial charge is 0.338 e. The van der Waals surface area contributed by atoms with E-state index in [0.717, 1.165) is 5.56 Å². The maximum atomic E-state index is 12.0. The third-order valence-corrected chi connectivity index (χ3v) is 3.91. The second-order valence-corrected chi connectivity index (χ2v) is 7.13. The van der Waals surface area contributed by atoms with Crippen molar-refractivity contribution in [1.29, 1.82) is 0 Å². The van der Waals surface area contributed by atoms with Crippen LogP contribution in [0.15, 0.2) is 78.9 Å². The lowest BCUT2D eigenvalue weighted by atomic mass is 10.0.